The van der Waals surface area contributed by atoms with Crippen LogP contribution in [0.4, 0.5) is 4.79 Å². The number of carbonyl (C=O) groups is 3. The number of aromatic carboxylic acids is 1. The van der Waals surface area contributed by atoms with E-state index in [1.807, 2.05) is 12.1 Å². The topological polar surface area (TPSA) is 117 Å². The maximum atomic E-state index is 13.2. The van der Waals surface area contributed by atoms with Crippen molar-refractivity contribution in [2.75, 3.05) is 6.54 Å². The number of benzene rings is 2. The number of carbonyl (C=O) groups excluding carboxylic acids is 1. The van der Waals surface area contributed by atoms with Gasteiger partial charge < -0.3 is 24.3 Å². The van der Waals surface area contributed by atoms with Gasteiger partial charge in [0, 0.05) is 23.4 Å². The fraction of sp³-hybridized carbons (Fsp3) is 0.370. The molecule has 9 heteroatoms. The summed E-state index contributed by atoms with van der Waals surface area (Å²) in [6.07, 6.45) is 3.33. The van der Waals surface area contributed by atoms with E-state index in [0.717, 1.165) is 36.6 Å². The van der Waals surface area contributed by atoms with Crippen molar-refractivity contribution in [1.29, 1.82) is 0 Å². The number of fused-ring (bicyclic) bond motifs is 1. The molecule has 0 atom stereocenters. The van der Waals surface area contributed by atoms with Crippen molar-refractivity contribution in [1.82, 2.24) is 4.90 Å². The van der Waals surface area contributed by atoms with Crippen LogP contribution in [0.5, 0.6) is 0 Å². The number of furan rings is 1. The summed E-state index contributed by atoms with van der Waals surface area (Å²) < 4.78 is 12.0. The minimum Gasteiger partial charge on any atom is -0.478 e. The Hall–Kier alpha value is -3.33. The van der Waals surface area contributed by atoms with Crippen molar-refractivity contribution in [3.63, 3.8) is 0 Å². The minimum atomic E-state index is -1.31. The normalized spacial score (nSPS) is 16.7. The first-order valence-corrected chi connectivity index (χ1v) is 12.8. The van der Waals surface area contributed by atoms with E-state index in [2.05, 4.69) is 15.9 Å². The molecule has 1 aromatic heterocycles. The zero-order valence-electron chi connectivity index (χ0n) is 19.5. The average Bonchev–Trinajstić information content (AvgIpc) is 3.53. The van der Waals surface area contributed by atoms with E-state index in [1.165, 1.54) is 6.07 Å². The van der Waals surface area contributed by atoms with Gasteiger partial charge in [-0.1, -0.05) is 24.3 Å². The number of hydrogen-bond donors (Lipinski definition) is 2. The molecule has 5 rings (SSSR count). The Labute approximate surface area is 216 Å². The molecule has 2 aromatic carbocycles. The van der Waals surface area contributed by atoms with Crippen molar-refractivity contribution in [2.45, 2.75) is 50.7 Å². The van der Waals surface area contributed by atoms with Crippen molar-refractivity contribution in [2.24, 2.45) is 5.92 Å². The molecule has 0 spiro atoms. The maximum Gasteiger partial charge on any atom is 0.506 e. The van der Waals surface area contributed by atoms with E-state index in [1.54, 1.807) is 29.2 Å². The first-order valence-electron chi connectivity index (χ1n) is 12.0. The number of carboxylic acids is 1. The lowest BCUT2D eigenvalue weighted by molar-refractivity contribution is -0.137. The monoisotopic (exact) mass is 555 g/mol. The Bertz CT molecular complexity index is 1340. The van der Waals surface area contributed by atoms with E-state index in [-0.39, 0.29) is 23.9 Å². The third-order valence-electron chi connectivity index (χ3n) is 7.00. The lowest BCUT2D eigenvalue weighted by Gasteiger charge is -2.34. The molecule has 2 fully saturated rings. The van der Waals surface area contributed by atoms with Crippen LogP contribution in [0.25, 0.3) is 22.3 Å². The standard InChI is InChI=1S/C27H26BrNO7/c28-22-20-13-16(7-10-21(20)35-23(22)18-5-1-2-6-19(18)25(31)32)14-29(24(30)17-8-9-17)15-27(36-26(33)34)11-3-4-12-27/h1-2,5-7,10,13,17H,3-4,8-9,11-12,14-15H2,(H,31,32)(H,33,34). The van der Waals surface area contributed by atoms with Crippen molar-refractivity contribution in [3.05, 3.63) is 58.1 Å². The van der Waals surface area contributed by atoms with E-state index in [9.17, 15) is 24.6 Å². The second-order valence-electron chi connectivity index (χ2n) is 9.65. The lowest BCUT2D eigenvalue weighted by Crippen LogP contribution is -2.47. The van der Waals surface area contributed by atoms with Gasteiger partial charge in [0.2, 0.25) is 5.91 Å². The molecule has 0 unspecified atom stereocenters. The van der Waals surface area contributed by atoms with E-state index < -0.39 is 17.7 Å². The summed E-state index contributed by atoms with van der Waals surface area (Å²) in [6.45, 7) is 0.547. The first-order chi connectivity index (χ1) is 17.3. The molecule has 2 N–H and O–H groups in total. The van der Waals surface area contributed by atoms with Gasteiger partial charge in [-0.3, -0.25) is 4.79 Å². The van der Waals surface area contributed by atoms with Crippen LogP contribution < -0.4 is 0 Å². The molecule has 0 saturated heterocycles. The molecule has 0 bridgehead atoms. The van der Waals surface area contributed by atoms with E-state index in [0.29, 0.717) is 40.8 Å². The smallest absolute Gasteiger partial charge is 0.478 e. The van der Waals surface area contributed by atoms with Gasteiger partial charge in [0.15, 0.2) is 0 Å². The predicted molar refractivity (Wildman–Crippen MR) is 135 cm³/mol. The van der Waals surface area contributed by atoms with Crippen molar-refractivity contribution < 1.29 is 33.8 Å². The molecule has 2 aliphatic rings. The summed E-state index contributed by atoms with van der Waals surface area (Å²) in [7, 11) is 0. The van der Waals surface area contributed by atoms with E-state index in [4.69, 9.17) is 9.15 Å². The number of rotatable bonds is 8. The Morgan fingerprint density at radius 3 is 2.47 bits per heavy atom. The molecule has 1 heterocycles. The van der Waals surface area contributed by atoms with Gasteiger partial charge in [0.25, 0.3) is 0 Å². The van der Waals surface area contributed by atoms with Gasteiger partial charge in [-0.05, 0) is 78.2 Å². The highest BCUT2D eigenvalue weighted by Crippen LogP contribution is 2.41. The maximum absolute atomic E-state index is 13.2. The van der Waals surface area contributed by atoms with Crippen molar-refractivity contribution >= 4 is 44.9 Å². The Morgan fingerprint density at radius 2 is 1.81 bits per heavy atom. The fourth-order valence-corrected chi connectivity index (χ4v) is 5.72. The van der Waals surface area contributed by atoms with Crippen LogP contribution in [-0.2, 0) is 16.1 Å². The summed E-state index contributed by atoms with van der Waals surface area (Å²) in [5.41, 5.74) is 1.18. The zero-order valence-corrected chi connectivity index (χ0v) is 21.1. The molecule has 8 nitrogen and oxygen atoms in total. The average molecular weight is 556 g/mol. The molecule has 0 radical (unpaired) electrons. The van der Waals surface area contributed by atoms with E-state index >= 15 is 0 Å². The highest BCUT2D eigenvalue weighted by Gasteiger charge is 2.43. The number of carboxylic acid groups (broad SMARTS) is 2. The SMILES string of the molecule is O=C(O)OC1(CN(Cc2ccc3oc(-c4ccccc4C(=O)O)c(Br)c3c2)C(=O)C2CC2)CCCC1. The number of hydrogen-bond acceptors (Lipinski definition) is 5. The zero-order chi connectivity index (χ0) is 25.4. The summed E-state index contributed by atoms with van der Waals surface area (Å²) >= 11 is 3.59. The molecule has 2 saturated carbocycles. The minimum absolute atomic E-state index is 0.0169. The highest BCUT2D eigenvalue weighted by molar-refractivity contribution is 9.10. The largest absolute Gasteiger partial charge is 0.506 e. The summed E-state index contributed by atoms with van der Waals surface area (Å²) in [5, 5.41) is 19.7. The van der Waals surface area contributed by atoms with Gasteiger partial charge in [-0.15, -0.1) is 0 Å². The molecule has 36 heavy (non-hydrogen) atoms. The van der Waals surface area contributed by atoms with Crippen LogP contribution in [0, 0.1) is 5.92 Å². The molecule has 2 aliphatic carbocycles. The van der Waals surface area contributed by atoms with Crippen molar-refractivity contribution in [3.8, 4) is 11.3 Å². The quantitative estimate of drug-likeness (QED) is 0.313. The number of ether oxygens (including phenoxy) is 1. The molecular formula is C27H26BrNO7. The van der Waals surface area contributed by atoms with Gasteiger partial charge in [-0.2, -0.15) is 0 Å². The Morgan fingerprint density at radius 1 is 1.08 bits per heavy atom. The summed E-state index contributed by atoms with van der Waals surface area (Å²) in [5.74, 6) is -0.613. The molecule has 0 aliphatic heterocycles. The second kappa shape index (κ2) is 9.61. The fourth-order valence-electron chi connectivity index (χ4n) is 5.12. The number of nitrogens with zero attached hydrogens (tertiary/aromatic N) is 1. The van der Waals surface area contributed by atoms with Gasteiger partial charge in [0.1, 0.15) is 16.9 Å². The van der Waals surface area contributed by atoms with Crippen LogP contribution in [0.1, 0.15) is 54.4 Å². The predicted octanol–water partition coefficient (Wildman–Crippen LogP) is 6.31. The van der Waals surface area contributed by atoms with Gasteiger partial charge >= 0.3 is 12.1 Å². The Balaban J connectivity index is 1.46. The second-order valence-corrected chi connectivity index (χ2v) is 10.4. The van der Waals surface area contributed by atoms with Gasteiger partial charge in [-0.25, -0.2) is 9.59 Å². The Kier molecular flexibility index (Phi) is 6.51. The lowest BCUT2D eigenvalue weighted by atomic mass is 10.00. The molecular weight excluding hydrogens is 530 g/mol. The molecule has 1 amide bonds. The van der Waals surface area contributed by atoms with Crippen LogP contribution in [-0.4, -0.2) is 45.3 Å². The number of amides is 1. The van der Waals surface area contributed by atoms with Crippen LogP contribution in [0.15, 0.2) is 51.4 Å². The summed E-state index contributed by atoms with van der Waals surface area (Å²) in [4.78, 5) is 38.0. The molecule has 188 valence electrons. The molecule has 3 aromatic rings. The van der Waals surface area contributed by atoms with Gasteiger partial charge in [0.05, 0.1) is 16.6 Å². The van der Waals surface area contributed by atoms with Crippen LogP contribution in [0.2, 0.25) is 0 Å². The summed E-state index contributed by atoms with van der Waals surface area (Å²) in [6, 6.07) is 12.3. The first kappa shape index (κ1) is 24.4. The van der Waals surface area contributed by atoms with Crippen LogP contribution >= 0.6 is 15.9 Å². The van der Waals surface area contributed by atoms with Crippen LogP contribution in [0.3, 0.4) is 0 Å². The highest BCUT2D eigenvalue weighted by atomic mass is 79.9. The third-order valence-corrected chi connectivity index (χ3v) is 7.79. The number of halogens is 1. The third kappa shape index (κ3) is 4.84.